The minimum atomic E-state index is 0.368. The van der Waals surface area contributed by atoms with Gasteiger partial charge in [-0.15, -0.1) is 21.5 Å². The maximum atomic E-state index is 5.79. The summed E-state index contributed by atoms with van der Waals surface area (Å²) in [5.74, 6) is 0.858. The molecule has 9 heteroatoms. The fourth-order valence-electron chi connectivity index (χ4n) is 2.78. The Hall–Kier alpha value is -3.33. The normalized spacial score (nSPS) is 11.5. The van der Waals surface area contributed by atoms with Gasteiger partial charge in [0, 0.05) is 30.6 Å². The van der Waals surface area contributed by atoms with Crippen molar-refractivity contribution in [3.63, 3.8) is 0 Å². The first-order valence-corrected chi connectivity index (χ1v) is 8.80. The lowest BCUT2D eigenvalue weighted by Gasteiger charge is -2.03. The van der Waals surface area contributed by atoms with Gasteiger partial charge in [-0.25, -0.2) is 9.50 Å². The monoisotopic (exact) mass is 363 g/mol. The fourth-order valence-corrected chi connectivity index (χ4v) is 3.42. The standard InChI is InChI=1S/C17H13N7OS/c1-10-11(9-19-23(10)2)13-5-6-18-15-8-12(22-24(13)15)16-20-21-17(25-16)14-4-3-7-26-14/h3-9H,1-2H3. The zero-order valence-electron chi connectivity index (χ0n) is 14.0. The van der Waals surface area contributed by atoms with Gasteiger partial charge in [0.15, 0.2) is 11.3 Å². The summed E-state index contributed by atoms with van der Waals surface area (Å²) in [6, 6.07) is 7.64. The highest BCUT2D eigenvalue weighted by Crippen LogP contribution is 2.28. The Labute approximate surface area is 151 Å². The Bertz CT molecular complexity index is 1220. The summed E-state index contributed by atoms with van der Waals surface area (Å²) in [5, 5.41) is 19.2. The molecule has 0 aromatic carbocycles. The van der Waals surface area contributed by atoms with Gasteiger partial charge in [-0.3, -0.25) is 4.68 Å². The van der Waals surface area contributed by atoms with Crippen LogP contribution in [0, 0.1) is 6.92 Å². The van der Waals surface area contributed by atoms with Crippen LogP contribution in [0.3, 0.4) is 0 Å². The Kier molecular flexibility index (Phi) is 3.22. The molecule has 0 amide bonds. The van der Waals surface area contributed by atoms with E-state index in [-0.39, 0.29) is 0 Å². The number of fused-ring (bicyclic) bond motifs is 1. The predicted octanol–water partition coefficient (Wildman–Crippen LogP) is 3.22. The lowest BCUT2D eigenvalue weighted by atomic mass is 10.2. The molecule has 128 valence electrons. The molecule has 0 fully saturated rings. The summed E-state index contributed by atoms with van der Waals surface area (Å²) in [5.41, 5.74) is 4.25. The van der Waals surface area contributed by atoms with Crippen molar-refractivity contribution in [3.05, 3.63) is 47.7 Å². The second-order valence-electron chi connectivity index (χ2n) is 5.79. The molecule has 5 aromatic heterocycles. The van der Waals surface area contributed by atoms with Crippen LogP contribution in [0.25, 0.3) is 39.3 Å². The summed E-state index contributed by atoms with van der Waals surface area (Å²) >= 11 is 1.55. The molecular weight excluding hydrogens is 350 g/mol. The van der Waals surface area contributed by atoms with E-state index in [1.165, 1.54) is 0 Å². The Balaban J connectivity index is 1.63. The van der Waals surface area contributed by atoms with E-state index in [9.17, 15) is 0 Å². The van der Waals surface area contributed by atoms with Crippen molar-refractivity contribution < 1.29 is 4.42 Å². The summed E-state index contributed by atoms with van der Waals surface area (Å²) in [4.78, 5) is 5.32. The van der Waals surface area contributed by atoms with Crippen molar-refractivity contribution in [1.29, 1.82) is 0 Å². The van der Waals surface area contributed by atoms with Gasteiger partial charge >= 0.3 is 0 Å². The molecule has 0 aliphatic carbocycles. The second kappa shape index (κ2) is 5.60. The summed E-state index contributed by atoms with van der Waals surface area (Å²) in [7, 11) is 1.91. The average Bonchev–Trinajstić information content (AvgIpc) is 3.42. The number of aromatic nitrogens is 7. The minimum absolute atomic E-state index is 0.368. The molecule has 0 radical (unpaired) electrons. The van der Waals surface area contributed by atoms with Gasteiger partial charge in [-0.05, 0) is 24.4 Å². The molecule has 8 nitrogen and oxygen atoms in total. The van der Waals surface area contributed by atoms with E-state index in [1.54, 1.807) is 22.0 Å². The second-order valence-corrected chi connectivity index (χ2v) is 6.73. The van der Waals surface area contributed by atoms with Crippen LogP contribution in [0.1, 0.15) is 5.69 Å². The van der Waals surface area contributed by atoms with E-state index >= 15 is 0 Å². The Morgan fingerprint density at radius 2 is 2.04 bits per heavy atom. The molecule has 0 N–H and O–H groups in total. The summed E-state index contributed by atoms with van der Waals surface area (Å²) in [6.07, 6.45) is 3.58. The molecule has 0 atom stereocenters. The van der Waals surface area contributed by atoms with E-state index < -0.39 is 0 Å². The predicted molar refractivity (Wildman–Crippen MR) is 96.5 cm³/mol. The highest BCUT2D eigenvalue weighted by Gasteiger charge is 2.17. The molecule has 0 spiro atoms. The van der Waals surface area contributed by atoms with Crippen LogP contribution >= 0.6 is 11.3 Å². The average molecular weight is 363 g/mol. The van der Waals surface area contributed by atoms with Crippen LogP contribution in [0.2, 0.25) is 0 Å². The number of hydrogen-bond donors (Lipinski definition) is 0. The maximum absolute atomic E-state index is 5.79. The number of thiophene rings is 1. The van der Waals surface area contributed by atoms with Crippen LogP contribution in [-0.4, -0.2) is 34.6 Å². The molecule has 0 bridgehead atoms. The molecule has 5 heterocycles. The molecule has 5 aromatic rings. The topological polar surface area (TPSA) is 86.9 Å². The van der Waals surface area contributed by atoms with E-state index in [4.69, 9.17) is 4.42 Å². The maximum Gasteiger partial charge on any atom is 0.268 e. The van der Waals surface area contributed by atoms with Crippen LogP contribution in [0.4, 0.5) is 0 Å². The third-order valence-corrected chi connectivity index (χ3v) is 5.10. The molecule has 0 saturated heterocycles. The van der Waals surface area contributed by atoms with Crippen molar-refractivity contribution in [3.8, 4) is 33.6 Å². The molecule has 0 unspecified atom stereocenters. The van der Waals surface area contributed by atoms with Crippen LogP contribution in [0.15, 0.2) is 46.5 Å². The van der Waals surface area contributed by atoms with Crippen LogP contribution < -0.4 is 0 Å². The van der Waals surface area contributed by atoms with Crippen molar-refractivity contribution in [2.24, 2.45) is 7.05 Å². The number of nitrogens with zero attached hydrogens (tertiary/aromatic N) is 7. The first-order chi connectivity index (χ1) is 12.7. The van der Waals surface area contributed by atoms with Gasteiger partial charge in [-0.2, -0.15) is 10.2 Å². The van der Waals surface area contributed by atoms with Crippen LogP contribution in [-0.2, 0) is 7.05 Å². The minimum Gasteiger partial charge on any atom is -0.414 e. The fraction of sp³-hybridized carbons (Fsp3) is 0.118. The first-order valence-electron chi connectivity index (χ1n) is 7.92. The zero-order valence-corrected chi connectivity index (χ0v) is 14.8. The van der Waals surface area contributed by atoms with Crippen molar-refractivity contribution in [2.45, 2.75) is 6.92 Å². The van der Waals surface area contributed by atoms with Gasteiger partial charge in [0.25, 0.3) is 11.8 Å². The largest absolute Gasteiger partial charge is 0.414 e. The van der Waals surface area contributed by atoms with Crippen LogP contribution in [0.5, 0.6) is 0 Å². The quantitative estimate of drug-likeness (QED) is 0.489. The molecular formula is C17H13N7OS. The van der Waals surface area contributed by atoms with E-state index in [1.807, 2.05) is 54.5 Å². The highest BCUT2D eigenvalue weighted by atomic mass is 32.1. The SMILES string of the molecule is Cc1c(-c2ccnc3cc(-c4nnc(-c5cccs5)o4)nn23)cnn1C. The molecule has 0 aliphatic rings. The number of rotatable bonds is 3. The van der Waals surface area contributed by atoms with Crippen molar-refractivity contribution in [2.75, 3.05) is 0 Å². The molecule has 0 aliphatic heterocycles. The first kappa shape index (κ1) is 15.0. The molecule has 26 heavy (non-hydrogen) atoms. The number of aryl methyl sites for hydroxylation is 1. The van der Waals surface area contributed by atoms with E-state index in [2.05, 4.69) is 25.4 Å². The zero-order chi connectivity index (χ0) is 17.7. The van der Waals surface area contributed by atoms with E-state index in [0.29, 0.717) is 23.1 Å². The third-order valence-electron chi connectivity index (χ3n) is 4.25. The summed E-state index contributed by atoms with van der Waals surface area (Å²) in [6.45, 7) is 2.02. The lowest BCUT2D eigenvalue weighted by molar-refractivity contribution is 0.583. The summed E-state index contributed by atoms with van der Waals surface area (Å²) < 4.78 is 9.39. The highest BCUT2D eigenvalue weighted by molar-refractivity contribution is 7.13. The lowest BCUT2D eigenvalue weighted by Crippen LogP contribution is -1.97. The van der Waals surface area contributed by atoms with Gasteiger partial charge < -0.3 is 4.42 Å². The van der Waals surface area contributed by atoms with E-state index in [0.717, 1.165) is 21.8 Å². The smallest absolute Gasteiger partial charge is 0.268 e. The van der Waals surface area contributed by atoms with Crippen molar-refractivity contribution >= 4 is 17.0 Å². The van der Waals surface area contributed by atoms with Gasteiger partial charge in [0.1, 0.15) is 0 Å². The number of hydrogen-bond acceptors (Lipinski definition) is 7. The van der Waals surface area contributed by atoms with Gasteiger partial charge in [0.05, 0.1) is 16.8 Å². The molecule has 5 rings (SSSR count). The Morgan fingerprint density at radius 3 is 2.81 bits per heavy atom. The third kappa shape index (κ3) is 2.25. The van der Waals surface area contributed by atoms with Gasteiger partial charge in [0.2, 0.25) is 0 Å². The Morgan fingerprint density at radius 1 is 1.15 bits per heavy atom. The van der Waals surface area contributed by atoms with Gasteiger partial charge in [-0.1, -0.05) is 6.07 Å². The molecule has 0 saturated carbocycles. The van der Waals surface area contributed by atoms with Crippen molar-refractivity contribution in [1.82, 2.24) is 34.6 Å².